The molecular formula is C15H15BrFN3O. The summed E-state index contributed by atoms with van der Waals surface area (Å²) in [5.41, 5.74) is 1.21. The highest BCUT2D eigenvalue weighted by molar-refractivity contribution is 9.10. The average Bonchev–Trinajstić information content (AvgIpc) is 2.44. The van der Waals surface area contributed by atoms with Gasteiger partial charge in [0.25, 0.3) is 5.91 Å². The van der Waals surface area contributed by atoms with Crippen LogP contribution in [0.5, 0.6) is 0 Å². The maximum atomic E-state index is 13.3. The number of hydrogen-bond acceptors (Lipinski definition) is 3. The summed E-state index contributed by atoms with van der Waals surface area (Å²) in [4.78, 5) is 18.1. The van der Waals surface area contributed by atoms with Gasteiger partial charge in [0.05, 0.1) is 0 Å². The van der Waals surface area contributed by atoms with Crippen molar-refractivity contribution in [1.82, 2.24) is 10.3 Å². The summed E-state index contributed by atoms with van der Waals surface area (Å²) >= 11 is 3.17. The van der Waals surface area contributed by atoms with Crippen LogP contribution in [0.3, 0.4) is 0 Å². The normalized spacial score (nSPS) is 10.3. The van der Waals surface area contributed by atoms with Gasteiger partial charge < -0.3 is 10.2 Å². The van der Waals surface area contributed by atoms with E-state index in [-0.39, 0.29) is 11.5 Å². The number of benzene rings is 1. The molecule has 2 aromatic rings. The molecule has 0 aliphatic carbocycles. The van der Waals surface area contributed by atoms with Crippen LogP contribution >= 0.6 is 15.9 Å². The van der Waals surface area contributed by atoms with Crippen molar-refractivity contribution >= 4 is 27.7 Å². The van der Waals surface area contributed by atoms with E-state index in [1.807, 2.05) is 31.1 Å². The number of carbonyl (C=O) groups excluding carboxylic acids is 1. The molecule has 110 valence electrons. The highest BCUT2D eigenvalue weighted by Crippen LogP contribution is 2.15. The third kappa shape index (κ3) is 4.26. The highest BCUT2D eigenvalue weighted by Gasteiger charge is 2.08. The van der Waals surface area contributed by atoms with Gasteiger partial charge in [0.1, 0.15) is 11.6 Å². The van der Waals surface area contributed by atoms with Crippen LogP contribution in [-0.2, 0) is 6.54 Å². The third-order valence-corrected chi connectivity index (χ3v) is 3.30. The SMILES string of the molecule is CN(C)c1cc(CNC(=O)c2cc(F)cc(Br)c2)ccn1. The minimum Gasteiger partial charge on any atom is -0.363 e. The van der Waals surface area contributed by atoms with Gasteiger partial charge in [-0.1, -0.05) is 15.9 Å². The minimum absolute atomic E-state index is 0.281. The fourth-order valence-electron chi connectivity index (χ4n) is 1.78. The molecule has 0 fully saturated rings. The van der Waals surface area contributed by atoms with Crippen molar-refractivity contribution in [2.75, 3.05) is 19.0 Å². The number of carbonyl (C=O) groups is 1. The van der Waals surface area contributed by atoms with Crippen LogP contribution in [0, 0.1) is 5.82 Å². The fourth-order valence-corrected chi connectivity index (χ4v) is 2.25. The number of nitrogens with zero attached hydrogens (tertiary/aromatic N) is 2. The molecule has 1 heterocycles. The zero-order chi connectivity index (χ0) is 15.4. The van der Waals surface area contributed by atoms with Gasteiger partial charge in [-0.2, -0.15) is 0 Å². The number of pyridine rings is 1. The van der Waals surface area contributed by atoms with Gasteiger partial charge in [0, 0.05) is 36.9 Å². The van der Waals surface area contributed by atoms with Crippen molar-refractivity contribution in [3.8, 4) is 0 Å². The van der Waals surface area contributed by atoms with Crippen molar-refractivity contribution in [2.45, 2.75) is 6.54 Å². The summed E-state index contributed by atoms with van der Waals surface area (Å²) < 4.78 is 13.8. The van der Waals surface area contributed by atoms with Crippen LogP contribution in [0.2, 0.25) is 0 Å². The average molecular weight is 352 g/mol. The molecule has 1 amide bonds. The number of rotatable bonds is 4. The van der Waals surface area contributed by atoms with Gasteiger partial charge in [-0.15, -0.1) is 0 Å². The molecule has 21 heavy (non-hydrogen) atoms. The Hall–Kier alpha value is -1.95. The Kier molecular flexibility index (Phi) is 4.90. The summed E-state index contributed by atoms with van der Waals surface area (Å²) in [6.07, 6.45) is 1.69. The molecule has 0 spiro atoms. The van der Waals surface area contributed by atoms with E-state index in [0.29, 0.717) is 11.0 Å². The van der Waals surface area contributed by atoms with Gasteiger partial charge in [0.15, 0.2) is 0 Å². The summed E-state index contributed by atoms with van der Waals surface area (Å²) in [6, 6.07) is 7.81. The van der Waals surface area contributed by atoms with Crippen molar-refractivity contribution in [1.29, 1.82) is 0 Å². The molecule has 0 unspecified atom stereocenters. The van der Waals surface area contributed by atoms with Gasteiger partial charge in [-0.3, -0.25) is 4.79 Å². The lowest BCUT2D eigenvalue weighted by Crippen LogP contribution is -2.23. The molecule has 1 aromatic heterocycles. The number of halogens is 2. The lowest BCUT2D eigenvalue weighted by molar-refractivity contribution is 0.0950. The number of anilines is 1. The van der Waals surface area contributed by atoms with Gasteiger partial charge in [-0.25, -0.2) is 9.37 Å². The standard InChI is InChI=1S/C15H15BrFN3O/c1-20(2)14-5-10(3-4-18-14)9-19-15(21)11-6-12(16)8-13(17)7-11/h3-8H,9H2,1-2H3,(H,19,21). The molecule has 4 nitrogen and oxygen atoms in total. The highest BCUT2D eigenvalue weighted by atomic mass is 79.9. The lowest BCUT2D eigenvalue weighted by atomic mass is 10.2. The maximum Gasteiger partial charge on any atom is 0.251 e. The van der Waals surface area contributed by atoms with Crippen LogP contribution in [0.4, 0.5) is 10.2 Å². The molecule has 1 aromatic carbocycles. The number of nitrogens with one attached hydrogen (secondary N) is 1. The smallest absolute Gasteiger partial charge is 0.251 e. The van der Waals surface area contributed by atoms with Crippen molar-refractivity contribution < 1.29 is 9.18 Å². The summed E-state index contributed by atoms with van der Waals surface area (Å²) in [7, 11) is 3.80. The second-order valence-corrected chi connectivity index (χ2v) is 5.67. The van der Waals surface area contributed by atoms with Crippen molar-refractivity contribution in [3.05, 3.63) is 57.9 Å². The summed E-state index contributed by atoms with van der Waals surface area (Å²) in [5, 5.41) is 2.76. The molecule has 1 N–H and O–H groups in total. The van der Waals surface area contributed by atoms with Crippen molar-refractivity contribution in [3.63, 3.8) is 0 Å². The lowest BCUT2D eigenvalue weighted by Gasteiger charge is -2.12. The molecule has 2 rings (SSSR count). The van der Waals surface area contributed by atoms with E-state index >= 15 is 0 Å². The van der Waals surface area contributed by atoms with Gasteiger partial charge >= 0.3 is 0 Å². The van der Waals surface area contributed by atoms with E-state index in [4.69, 9.17) is 0 Å². The number of hydrogen-bond donors (Lipinski definition) is 1. The zero-order valence-electron chi connectivity index (χ0n) is 11.7. The fraction of sp³-hybridized carbons (Fsp3) is 0.200. The van der Waals surface area contributed by atoms with E-state index < -0.39 is 5.82 Å². The monoisotopic (exact) mass is 351 g/mol. The second-order valence-electron chi connectivity index (χ2n) is 4.76. The maximum absolute atomic E-state index is 13.3. The molecule has 0 aliphatic heterocycles. The van der Waals surface area contributed by atoms with E-state index in [1.54, 1.807) is 12.3 Å². The third-order valence-electron chi connectivity index (χ3n) is 2.85. The molecule has 0 saturated heterocycles. The Balaban J connectivity index is 2.05. The molecule has 0 atom stereocenters. The Morgan fingerprint density at radius 2 is 2.10 bits per heavy atom. The molecule has 0 saturated carbocycles. The van der Waals surface area contributed by atoms with Crippen LogP contribution in [0.15, 0.2) is 41.0 Å². The first-order valence-electron chi connectivity index (χ1n) is 6.32. The van der Waals surface area contributed by atoms with Crippen molar-refractivity contribution in [2.24, 2.45) is 0 Å². The van der Waals surface area contributed by atoms with Gasteiger partial charge in [0.2, 0.25) is 0 Å². The largest absolute Gasteiger partial charge is 0.363 e. The molecular weight excluding hydrogens is 337 g/mol. The Morgan fingerprint density at radius 1 is 1.33 bits per heavy atom. The molecule has 0 radical (unpaired) electrons. The Bertz CT molecular complexity index is 641. The van der Waals surface area contributed by atoms with E-state index in [1.165, 1.54) is 12.1 Å². The van der Waals surface area contributed by atoms with Crippen LogP contribution in [0.1, 0.15) is 15.9 Å². The first-order valence-corrected chi connectivity index (χ1v) is 7.11. The quantitative estimate of drug-likeness (QED) is 0.920. The first-order chi connectivity index (χ1) is 9.95. The number of amides is 1. The second kappa shape index (κ2) is 6.67. The summed E-state index contributed by atoms with van der Waals surface area (Å²) in [5.74, 6) is 0.0435. The Labute approximate surface area is 131 Å². The van der Waals surface area contributed by atoms with Gasteiger partial charge in [-0.05, 0) is 35.9 Å². The first kappa shape index (κ1) is 15.4. The Morgan fingerprint density at radius 3 is 2.76 bits per heavy atom. The van der Waals surface area contributed by atoms with E-state index in [0.717, 1.165) is 11.4 Å². The summed E-state index contributed by atoms with van der Waals surface area (Å²) in [6.45, 7) is 0.357. The predicted octanol–water partition coefficient (Wildman–Crippen LogP) is 2.98. The molecule has 0 aliphatic rings. The predicted molar refractivity (Wildman–Crippen MR) is 83.8 cm³/mol. The molecule has 0 bridgehead atoms. The van der Waals surface area contributed by atoms with E-state index in [2.05, 4.69) is 26.2 Å². The minimum atomic E-state index is -0.451. The topological polar surface area (TPSA) is 45.2 Å². The van der Waals surface area contributed by atoms with Crippen LogP contribution < -0.4 is 10.2 Å². The molecule has 6 heteroatoms. The van der Waals surface area contributed by atoms with E-state index in [9.17, 15) is 9.18 Å². The van der Waals surface area contributed by atoms with Crippen LogP contribution in [0.25, 0.3) is 0 Å². The number of aromatic nitrogens is 1. The van der Waals surface area contributed by atoms with Crippen LogP contribution in [-0.4, -0.2) is 25.0 Å². The zero-order valence-corrected chi connectivity index (χ0v) is 13.3.